The monoisotopic (exact) mass is 238 g/mol. The van der Waals surface area contributed by atoms with Gasteiger partial charge in [-0.25, -0.2) is 0 Å². The van der Waals surface area contributed by atoms with E-state index in [0.717, 1.165) is 13.1 Å². The largest absolute Gasteiger partial charge is 0.313 e. The molecule has 3 nitrogen and oxygen atoms in total. The number of hydrogen-bond acceptors (Lipinski definition) is 3. The van der Waals surface area contributed by atoms with Crippen LogP contribution >= 0.6 is 0 Å². The summed E-state index contributed by atoms with van der Waals surface area (Å²) in [7, 11) is 0. The van der Waals surface area contributed by atoms with E-state index in [1.807, 2.05) is 5.06 Å². The molecule has 0 amide bonds. The number of hydrogen-bond donors (Lipinski definition) is 2. The number of hydroxylamine groups is 2. The van der Waals surface area contributed by atoms with Gasteiger partial charge >= 0.3 is 0 Å². The van der Waals surface area contributed by atoms with Crippen LogP contribution in [0.3, 0.4) is 0 Å². The fourth-order valence-corrected chi connectivity index (χ4v) is 4.38. The summed E-state index contributed by atoms with van der Waals surface area (Å²) in [4.78, 5) is 0. The minimum atomic E-state index is 0.0633. The molecule has 2 N–H and O–H groups in total. The topological polar surface area (TPSA) is 35.5 Å². The molecule has 3 aliphatic rings. The Morgan fingerprint density at radius 3 is 1.53 bits per heavy atom. The highest BCUT2D eigenvalue weighted by molar-refractivity contribution is 5.06. The Hall–Kier alpha value is -0.120. The molecule has 0 aromatic heterocycles. The first-order valence-electron chi connectivity index (χ1n) is 7.48. The molecule has 2 aliphatic carbocycles. The summed E-state index contributed by atoms with van der Waals surface area (Å²) in [5.41, 5.74) is 0.127. The van der Waals surface area contributed by atoms with Crippen LogP contribution in [0, 0.1) is 0 Å². The van der Waals surface area contributed by atoms with Gasteiger partial charge in [0.1, 0.15) is 0 Å². The molecule has 3 fully saturated rings. The zero-order chi connectivity index (χ0) is 11.8. The number of nitrogens with one attached hydrogen (secondary N) is 1. The van der Waals surface area contributed by atoms with Crippen molar-refractivity contribution in [3.05, 3.63) is 0 Å². The lowest BCUT2D eigenvalue weighted by Crippen LogP contribution is -2.71. The third-order valence-corrected chi connectivity index (χ3v) is 5.38. The van der Waals surface area contributed by atoms with Gasteiger partial charge in [-0.2, -0.15) is 5.06 Å². The number of piperazine rings is 1. The average molecular weight is 238 g/mol. The van der Waals surface area contributed by atoms with Gasteiger partial charge in [-0.05, 0) is 25.7 Å². The summed E-state index contributed by atoms with van der Waals surface area (Å²) in [6.07, 6.45) is 12.6. The van der Waals surface area contributed by atoms with Crippen molar-refractivity contribution in [3.63, 3.8) is 0 Å². The number of nitrogens with zero attached hydrogens (tertiary/aromatic N) is 1. The van der Waals surface area contributed by atoms with E-state index < -0.39 is 0 Å². The Bertz CT molecular complexity index is 230. The molecule has 0 radical (unpaired) electrons. The average Bonchev–Trinajstić information content (AvgIpc) is 2.39. The summed E-state index contributed by atoms with van der Waals surface area (Å²) in [5.74, 6) is 0. The Kier molecular flexibility index (Phi) is 3.18. The highest BCUT2D eigenvalue weighted by atomic mass is 16.5. The van der Waals surface area contributed by atoms with Crippen LogP contribution in [0.4, 0.5) is 0 Å². The van der Waals surface area contributed by atoms with Crippen LogP contribution in [0.15, 0.2) is 0 Å². The minimum absolute atomic E-state index is 0.0633. The maximum atomic E-state index is 10.9. The Labute approximate surface area is 105 Å². The first kappa shape index (κ1) is 11.9. The van der Waals surface area contributed by atoms with Crippen molar-refractivity contribution in [2.45, 2.75) is 75.3 Å². The Morgan fingerprint density at radius 2 is 1.12 bits per heavy atom. The van der Waals surface area contributed by atoms with E-state index in [1.54, 1.807) is 0 Å². The van der Waals surface area contributed by atoms with Crippen molar-refractivity contribution < 1.29 is 5.21 Å². The highest BCUT2D eigenvalue weighted by Gasteiger charge is 2.51. The molecule has 98 valence electrons. The van der Waals surface area contributed by atoms with E-state index in [1.165, 1.54) is 64.2 Å². The van der Waals surface area contributed by atoms with Gasteiger partial charge in [-0.3, -0.25) is 0 Å². The predicted octanol–water partition coefficient (Wildman–Crippen LogP) is 2.69. The second-order valence-corrected chi connectivity index (χ2v) is 6.49. The van der Waals surface area contributed by atoms with E-state index in [2.05, 4.69) is 5.32 Å². The van der Waals surface area contributed by atoms with E-state index >= 15 is 0 Å². The molecule has 1 aliphatic heterocycles. The summed E-state index contributed by atoms with van der Waals surface area (Å²) in [5, 5.41) is 16.3. The zero-order valence-electron chi connectivity index (χ0n) is 10.9. The van der Waals surface area contributed by atoms with Gasteiger partial charge in [-0.1, -0.05) is 38.5 Å². The van der Waals surface area contributed by atoms with E-state index in [4.69, 9.17) is 0 Å². The molecule has 0 unspecified atom stereocenters. The van der Waals surface area contributed by atoms with Crippen molar-refractivity contribution >= 4 is 0 Å². The maximum absolute atomic E-state index is 10.9. The van der Waals surface area contributed by atoms with Gasteiger partial charge in [0.05, 0.1) is 11.1 Å². The van der Waals surface area contributed by atoms with Crippen molar-refractivity contribution in [3.8, 4) is 0 Å². The van der Waals surface area contributed by atoms with Crippen LogP contribution in [-0.4, -0.2) is 34.4 Å². The highest BCUT2D eigenvalue weighted by Crippen LogP contribution is 2.43. The van der Waals surface area contributed by atoms with Crippen LogP contribution in [0.5, 0.6) is 0 Å². The van der Waals surface area contributed by atoms with Crippen molar-refractivity contribution in [1.29, 1.82) is 0 Å². The summed E-state index contributed by atoms with van der Waals surface area (Å²) < 4.78 is 0. The second-order valence-electron chi connectivity index (χ2n) is 6.49. The van der Waals surface area contributed by atoms with E-state index in [0.29, 0.717) is 0 Å². The third-order valence-electron chi connectivity index (χ3n) is 5.38. The van der Waals surface area contributed by atoms with Crippen LogP contribution in [0.2, 0.25) is 0 Å². The van der Waals surface area contributed by atoms with E-state index in [9.17, 15) is 5.21 Å². The SMILES string of the molecule is ON1C2(CCCCC2)CNCC12CCCCC2. The van der Waals surface area contributed by atoms with Crippen molar-refractivity contribution in [2.75, 3.05) is 13.1 Å². The third kappa shape index (κ3) is 1.92. The lowest BCUT2D eigenvalue weighted by atomic mass is 9.72. The molecule has 2 saturated carbocycles. The summed E-state index contributed by atoms with van der Waals surface area (Å²) in [6, 6.07) is 0. The molecular formula is C14H26N2O. The summed E-state index contributed by atoms with van der Waals surface area (Å²) >= 11 is 0. The standard InChI is InChI=1S/C14H26N2O/c17-16-13(7-3-1-4-8-13)11-15-12-14(16)9-5-2-6-10-14/h15,17H,1-12H2. The minimum Gasteiger partial charge on any atom is -0.313 e. The van der Waals surface area contributed by atoms with Gasteiger partial charge < -0.3 is 10.5 Å². The van der Waals surface area contributed by atoms with Gasteiger partial charge in [0.2, 0.25) is 0 Å². The van der Waals surface area contributed by atoms with Crippen molar-refractivity contribution in [2.24, 2.45) is 0 Å². The van der Waals surface area contributed by atoms with Crippen molar-refractivity contribution in [1.82, 2.24) is 10.4 Å². The Morgan fingerprint density at radius 1 is 0.706 bits per heavy atom. The Balaban J connectivity index is 1.82. The lowest BCUT2D eigenvalue weighted by molar-refractivity contribution is -0.269. The summed E-state index contributed by atoms with van der Waals surface area (Å²) in [6.45, 7) is 1.98. The van der Waals surface area contributed by atoms with Gasteiger partial charge in [0, 0.05) is 13.1 Å². The molecule has 0 aromatic carbocycles. The second kappa shape index (κ2) is 4.52. The quantitative estimate of drug-likeness (QED) is 0.681. The normalized spacial score (nSPS) is 33.0. The van der Waals surface area contributed by atoms with Gasteiger partial charge in [-0.15, -0.1) is 0 Å². The molecule has 3 heteroatoms. The zero-order valence-corrected chi connectivity index (χ0v) is 10.9. The molecule has 1 heterocycles. The van der Waals surface area contributed by atoms with Gasteiger partial charge in [0.15, 0.2) is 0 Å². The molecule has 2 spiro atoms. The van der Waals surface area contributed by atoms with E-state index in [-0.39, 0.29) is 11.1 Å². The first-order chi connectivity index (χ1) is 8.28. The van der Waals surface area contributed by atoms with Crippen LogP contribution < -0.4 is 5.32 Å². The smallest absolute Gasteiger partial charge is 0.0591 e. The molecule has 0 bridgehead atoms. The lowest BCUT2D eigenvalue weighted by Gasteiger charge is -2.57. The van der Waals surface area contributed by atoms with Crippen LogP contribution in [0.1, 0.15) is 64.2 Å². The molecule has 3 rings (SSSR count). The predicted molar refractivity (Wildman–Crippen MR) is 68.1 cm³/mol. The van der Waals surface area contributed by atoms with Crippen LogP contribution in [-0.2, 0) is 0 Å². The molecule has 17 heavy (non-hydrogen) atoms. The molecular weight excluding hydrogens is 212 g/mol. The fraction of sp³-hybridized carbons (Fsp3) is 1.00. The number of rotatable bonds is 0. The van der Waals surface area contributed by atoms with Crippen LogP contribution in [0.25, 0.3) is 0 Å². The molecule has 1 saturated heterocycles. The maximum Gasteiger partial charge on any atom is 0.0591 e. The molecule has 0 aromatic rings. The van der Waals surface area contributed by atoms with Gasteiger partial charge in [0.25, 0.3) is 0 Å². The first-order valence-corrected chi connectivity index (χ1v) is 7.48. The fourth-order valence-electron chi connectivity index (χ4n) is 4.38. The molecule has 0 atom stereocenters.